The Hall–Kier alpha value is -7.63. The van der Waals surface area contributed by atoms with Crippen molar-refractivity contribution < 1.29 is 6.85 Å². The molecule has 0 saturated heterocycles. The molecule has 11 rings (SSSR count). The SMILES string of the molecule is [2H]c1c([2H])c([2H])c(-c2ccc(-c3nc(-c4ccccc4)nc(-n4c5ccccc5c5ccc6c7ccccc7n(-c7ccc(-c8ccccc8)cc7)c6c54)n3)cc2)c([2H])c1[2H]. The van der Waals surface area contributed by atoms with Crippen molar-refractivity contribution in [1.82, 2.24) is 24.1 Å². The summed E-state index contributed by atoms with van der Waals surface area (Å²) in [5, 5.41) is 4.34. The lowest BCUT2D eigenvalue weighted by Crippen LogP contribution is -2.07. The Kier molecular flexibility index (Phi) is 6.29. The maximum absolute atomic E-state index is 8.55. The molecule has 0 bridgehead atoms. The van der Waals surface area contributed by atoms with Crippen molar-refractivity contribution in [1.29, 1.82) is 0 Å². The second-order valence-electron chi connectivity index (χ2n) is 13.7. The molecule has 56 heavy (non-hydrogen) atoms. The van der Waals surface area contributed by atoms with Crippen LogP contribution in [0.2, 0.25) is 0 Å². The minimum Gasteiger partial charge on any atom is -0.307 e. The van der Waals surface area contributed by atoms with Crippen molar-refractivity contribution in [3.63, 3.8) is 0 Å². The van der Waals surface area contributed by atoms with Gasteiger partial charge in [0.1, 0.15) is 0 Å². The van der Waals surface area contributed by atoms with Gasteiger partial charge in [-0.2, -0.15) is 9.97 Å². The lowest BCUT2D eigenvalue weighted by atomic mass is 10.0. The summed E-state index contributed by atoms with van der Waals surface area (Å²) < 4.78 is 46.1. The van der Waals surface area contributed by atoms with Gasteiger partial charge in [-0.1, -0.05) is 176 Å². The van der Waals surface area contributed by atoms with Gasteiger partial charge in [0, 0.05) is 38.4 Å². The highest BCUT2D eigenvalue weighted by molar-refractivity contribution is 6.23. The van der Waals surface area contributed by atoms with Gasteiger partial charge in [-0.25, -0.2) is 4.98 Å². The summed E-state index contributed by atoms with van der Waals surface area (Å²) in [6.45, 7) is 0. The molecule has 0 spiro atoms. The second kappa shape index (κ2) is 13.0. The minimum absolute atomic E-state index is 0.137. The van der Waals surface area contributed by atoms with Crippen LogP contribution in [0, 0.1) is 0 Å². The third kappa shape index (κ3) is 5.21. The molecule has 0 atom stereocenters. The monoisotopic (exact) mass is 720 g/mol. The molecule has 0 saturated carbocycles. The van der Waals surface area contributed by atoms with E-state index in [0.717, 1.165) is 66.0 Å². The molecule has 11 aromatic rings. The Labute approximate surface area is 330 Å². The second-order valence-corrected chi connectivity index (χ2v) is 13.7. The average Bonchev–Trinajstić information content (AvgIpc) is 3.84. The van der Waals surface area contributed by atoms with E-state index in [0.29, 0.717) is 28.7 Å². The zero-order valence-electron chi connectivity index (χ0n) is 34.9. The van der Waals surface area contributed by atoms with Crippen LogP contribution < -0.4 is 0 Å². The van der Waals surface area contributed by atoms with Gasteiger partial charge in [-0.3, -0.25) is 4.57 Å². The Morgan fingerprint density at radius 3 is 1.41 bits per heavy atom. The number of rotatable bonds is 6. The van der Waals surface area contributed by atoms with Gasteiger partial charge in [-0.15, -0.1) is 0 Å². The van der Waals surface area contributed by atoms with Crippen LogP contribution in [-0.2, 0) is 0 Å². The van der Waals surface area contributed by atoms with E-state index in [4.69, 9.17) is 21.8 Å². The molecule has 8 aromatic carbocycles. The van der Waals surface area contributed by atoms with E-state index in [2.05, 4.69) is 112 Å². The largest absolute Gasteiger partial charge is 0.307 e. The average molecular weight is 721 g/mol. The molecule has 0 radical (unpaired) electrons. The summed E-state index contributed by atoms with van der Waals surface area (Å²) >= 11 is 0. The molecule has 0 aliphatic heterocycles. The highest BCUT2D eigenvalue weighted by atomic mass is 15.2. The van der Waals surface area contributed by atoms with Crippen LogP contribution in [0.5, 0.6) is 0 Å². The van der Waals surface area contributed by atoms with Gasteiger partial charge in [0.05, 0.1) is 28.9 Å². The zero-order chi connectivity index (χ0) is 41.4. The molecule has 0 amide bonds. The van der Waals surface area contributed by atoms with Crippen LogP contribution in [0.15, 0.2) is 200 Å². The molecular formula is C51H33N5. The minimum atomic E-state index is -0.426. The van der Waals surface area contributed by atoms with Crippen molar-refractivity contribution in [2.75, 3.05) is 0 Å². The molecular weight excluding hydrogens is 683 g/mol. The van der Waals surface area contributed by atoms with E-state index in [1.165, 1.54) is 0 Å². The molecule has 0 aliphatic carbocycles. The van der Waals surface area contributed by atoms with E-state index in [1.807, 2.05) is 54.6 Å². The van der Waals surface area contributed by atoms with Crippen molar-refractivity contribution in [3.8, 4) is 56.7 Å². The summed E-state index contributed by atoms with van der Waals surface area (Å²) in [4.78, 5) is 15.5. The number of hydrogen-bond donors (Lipinski definition) is 0. The number of hydrogen-bond acceptors (Lipinski definition) is 3. The van der Waals surface area contributed by atoms with Gasteiger partial charge in [0.25, 0.3) is 0 Å². The van der Waals surface area contributed by atoms with Crippen LogP contribution in [0.3, 0.4) is 0 Å². The van der Waals surface area contributed by atoms with Crippen molar-refractivity contribution in [3.05, 3.63) is 200 Å². The van der Waals surface area contributed by atoms with Crippen LogP contribution in [0.1, 0.15) is 6.85 Å². The van der Waals surface area contributed by atoms with Gasteiger partial charge < -0.3 is 4.57 Å². The summed E-state index contributed by atoms with van der Waals surface area (Å²) in [7, 11) is 0. The predicted octanol–water partition coefficient (Wildman–Crippen LogP) is 12.7. The van der Waals surface area contributed by atoms with Crippen LogP contribution in [0.25, 0.3) is 100 Å². The molecule has 0 N–H and O–H groups in total. The normalized spacial score (nSPS) is 12.8. The number of benzene rings is 8. The van der Waals surface area contributed by atoms with Crippen molar-refractivity contribution >= 4 is 43.6 Å². The molecule has 0 fully saturated rings. The highest BCUT2D eigenvalue weighted by Crippen LogP contribution is 2.42. The maximum atomic E-state index is 8.55. The van der Waals surface area contributed by atoms with E-state index >= 15 is 0 Å². The Balaban J connectivity index is 1.17. The first-order valence-electron chi connectivity index (χ1n) is 21.0. The molecule has 262 valence electrons. The number of fused-ring (bicyclic) bond motifs is 7. The fraction of sp³-hybridized carbons (Fsp3) is 0. The van der Waals surface area contributed by atoms with Gasteiger partial charge >= 0.3 is 0 Å². The molecule has 5 heteroatoms. The molecule has 3 heterocycles. The first kappa shape index (κ1) is 27.0. The van der Waals surface area contributed by atoms with E-state index in [1.54, 1.807) is 12.1 Å². The number of nitrogens with zero attached hydrogens (tertiary/aromatic N) is 5. The van der Waals surface area contributed by atoms with Gasteiger partial charge in [0.15, 0.2) is 11.6 Å². The lowest BCUT2D eigenvalue weighted by Gasteiger charge is -2.14. The Morgan fingerprint density at radius 1 is 0.339 bits per heavy atom. The summed E-state index contributed by atoms with van der Waals surface area (Å²) in [6, 6.07) is 55.6. The summed E-state index contributed by atoms with van der Waals surface area (Å²) in [5.74, 6) is 1.35. The number of para-hydroxylation sites is 2. The van der Waals surface area contributed by atoms with E-state index in [-0.39, 0.29) is 29.7 Å². The molecule has 0 aliphatic rings. The smallest absolute Gasteiger partial charge is 0.238 e. The van der Waals surface area contributed by atoms with E-state index < -0.39 is 6.04 Å². The number of aromatic nitrogens is 5. The predicted molar refractivity (Wildman–Crippen MR) is 230 cm³/mol. The third-order valence-electron chi connectivity index (χ3n) is 10.5. The standard InChI is InChI=1S/C51H33N5/c1-4-14-34(15-5-1)36-24-26-39(27-25-36)50-52-49(38-18-8-3-9-19-38)53-51(54-50)56-46-23-13-11-21-42(46)44-33-32-43-41-20-10-12-22-45(41)55(47(43)48(44)56)40-30-28-37(29-31-40)35-16-6-2-7-17-35/h1-33H/i1D,4D,5D,14D,15D. The zero-order valence-corrected chi connectivity index (χ0v) is 29.9. The molecule has 3 aromatic heterocycles. The van der Waals surface area contributed by atoms with Crippen molar-refractivity contribution in [2.24, 2.45) is 0 Å². The molecule has 0 unspecified atom stereocenters. The maximum Gasteiger partial charge on any atom is 0.238 e. The summed E-state index contributed by atoms with van der Waals surface area (Å²) in [6.07, 6.45) is 0. The van der Waals surface area contributed by atoms with Crippen molar-refractivity contribution in [2.45, 2.75) is 0 Å². The molecule has 5 nitrogen and oxygen atoms in total. The van der Waals surface area contributed by atoms with Crippen LogP contribution in [-0.4, -0.2) is 24.1 Å². The third-order valence-corrected chi connectivity index (χ3v) is 10.5. The first-order valence-corrected chi connectivity index (χ1v) is 18.5. The lowest BCUT2D eigenvalue weighted by molar-refractivity contribution is 0.953. The van der Waals surface area contributed by atoms with Crippen LogP contribution >= 0.6 is 0 Å². The Morgan fingerprint density at radius 2 is 0.786 bits per heavy atom. The summed E-state index contributed by atoms with van der Waals surface area (Å²) in [5.41, 5.74) is 9.44. The highest BCUT2D eigenvalue weighted by Gasteiger charge is 2.23. The Bertz CT molecular complexity index is 3480. The topological polar surface area (TPSA) is 48.5 Å². The first-order chi connectivity index (χ1) is 29.9. The fourth-order valence-electron chi connectivity index (χ4n) is 7.90. The quantitative estimate of drug-likeness (QED) is 0.172. The van der Waals surface area contributed by atoms with Gasteiger partial charge in [-0.05, 0) is 46.5 Å². The van der Waals surface area contributed by atoms with Crippen LogP contribution in [0.4, 0.5) is 0 Å². The van der Waals surface area contributed by atoms with Gasteiger partial charge in [0.2, 0.25) is 5.95 Å². The van der Waals surface area contributed by atoms with E-state index in [9.17, 15) is 0 Å². The fourth-order valence-corrected chi connectivity index (χ4v) is 7.90.